The van der Waals surface area contributed by atoms with Gasteiger partial charge in [-0.05, 0) is 25.0 Å². The lowest BCUT2D eigenvalue weighted by Gasteiger charge is -2.01. The smallest absolute Gasteiger partial charge is 0.290 e. The summed E-state index contributed by atoms with van der Waals surface area (Å²) in [4.78, 5) is 10.3. The van der Waals surface area contributed by atoms with Gasteiger partial charge in [-0.2, -0.15) is 0 Å². The summed E-state index contributed by atoms with van der Waals surface area (Å²) in [5, 5.41) is 27.4. The van der Waals surface area contributed by atoms with E-state index < -0.39 is 4.92 Å². The Kier molecular flexibility index (Phi) is 4.08. The normalized spacial score (nSPS) is 10.6. The summed E-state index contributed by atoms with van der Waals surface area (Å²) >= 11 is 5.74. The lowest BCUT2D eigenvalue weighted by atomic mass is 10.2. The molecule has 0 aliphatic rings. The minimum Gasteiger partial charge on any atom is -0.396 e. The van der Waals surface area contributed by atoms with E-state index in [9.17, 15) is 10.1 Å². The van der Waals surface area contributed by atoms with Crippen LogP contribution in [0.15, 0.2) is 24.4 Å². The van der Waals surface area contributed by atoms with E-state index in [1.807, 2.05) is 0 Å². The van der Waals surface area contributed by atoms with Crippen molar-refractivity contribution >= 4 is 17.3 Å². The highest BCUT2D eigenvalue weighted by atomic mass is 35.5. The number of aliphatic hydroxyl groups excluding tert-OH is 1. The molecule has 0 atom stereocenters. The molecule has 0 fully saturated rings. The predicted molar refractivity (Wildman–Crippen MR) is 68.4 cm³/mol. The lowest BCUT2D eigenvalue weighted by Crippen LogP contribution is -1.97. The van der Waals surface area contributed by atoms with Crippen LogP contribution in [0.3, 0.4) is 0 Å². The summed E-state index contributed by atoms with van der Waals surface area (Å²) in [5.74, 6) is 0. The van der Waals surface area contributed by atoms with Crippen molar-refractivity contribution < 1.29 is 10.0 Å². The Balaban J connectivity index is 2.29. The summed E-state index contributed by atoms with van der Waals surface area (Å²) in [7, 11) is 0. The molecule has 8 heteroatoms. The molecular formula is C11H11ClN4O3. The number of rotatable bonds is 5. The number of benzene rings is 1. The molecule has 100 valence electrons. The minimum absolute atomic E-state index is 0.0781. The van der Waals surface area contributed by atoms with Gasteiger partial charge in [-0.1, -0.05) is 16.8 Å². The molecule has 0 bridgehead atoms. The third kappa shape index (κ3) is 3.07. The first kappa shape index (κ1) is 13.4. The van der Waals surface area contributed by atoms with Crippen molar-refractivity contribution in [2.24, 2.45) is 0 Å². The van der Waals surface area contributed by atoms with Gasteiger partial charge in [0.05, 0.1) is 22.5 Å². The van der Waals surface area contributed by atoms with Crippen LogP contribution in [-0.4, -0.2) is 31.6 Å². The van der Waals surface area contributed by atoms with Crippen molar-refractivity contribution in [3.05, 3.63) is 45.2 Å². The van der Waals surface area contributed by atoms with Gasteiger partial charge in [0.25, 0.3) is 5.69 Å². The molecule has 0 unspecified atom stereocenters. The second-order valence-electron chi connectivity index (χ2n) is 3.87. The molecule has 7 nitrogen and oxygen atoms in total. The van der Waals surface area contributed by atoms with Gasteiger partial charge < -0.3 is 5.11 Å². The summed E-state index contributed by atoms with van der Waals surface area (Å²) in [6, 6.07) is 4.41. The van der Waals surface area contributed by atoms with Crippen LogP contribution in [0.25, 0.3) is 5.69 Å². The average molecular weight is 283 g/mol. The van der Waals surface area contributed by atoms with Crippen molar-refractivity contribution in [2.45, 2.75) is 12.8 Å². The summed E-state index contributed by atoms with van der Waals surface area (Å²) in [5.41, 5.74) is 1.05. The van der Waals surface area contributed by atoms with Crippen molar-refractivity contribution in [2.75, 3.05) is 6.61 Å². The topological polar surface area (TPSA) is 94.1 Å². The van der Waals surface area contributed by atoms with Crippen LogP contribution in [0, 0.1) is 10.1 Å². The van der Waals surface area contributed by atoms with E-state index in [4.69, 9.17) is 16.7 Å². The monoisotopic (exact) mass is 282 g/mol. The third-order valence-corrected chi connectivity index (χ3v) is 2.84. The number of halogens is 1. The molecule has 1 N–H and O–H groups in total. The van der Waals surface area contributed by atoms with Crippen molar-refractivity contribution in [1.82, 2.24) is 15.0 Å². The Morgan fingerprint density at radius 1 is 1.47 bits per heavy atom. The van der Waals surface area contributed by atoms with Crippen LogP contribution in [0.2, 0.25) is 5.02 Å². The maximum absolute atomic E-state index is 10.8. The summed E-state index contributed by atoms with van der Waals surface area (Å²) < 4.78 is 1.44. The molecule has 1 aromatic carbocycles. The van der Waals surface area contributed by atoms with Gasteiger partial charge >= 0.3 is 0 Å². The number of nitrogens with zero attached hydrogens (tertiary/aromatic N) is 4. The number of hydrogen-bond donors (Lipinski definition) is 1. The lowest BCUT2D eigenvalue weighted by molar-refractivity contribution is -0.384. The molecule has 1 heterocycles. The van der Waals surface area contributed by atoms with Gasteiger partial charge in [0.2, 0.25) is 0 Å². The Bertz CT molecular complexity index is 599. The number of aryl methyl sites for hydroxylation is 1. The zero-order chi connectivity index (χ0) is 13.8. The maximum atomic E-state index is 10.8. The molecule has 0 aliphatic heterocycles. The average Bonchev–Trinajstić information content (AvgIpc) is 2.85. The SMILES string of the molecule is O=[N+]([O-])c1cc(-n2cc(CCCO)nn2)ccc1Cl. The molecule has 0 saturated carbocycles. The summed E-state index contributed by atoms with van der Waals surface area (Å²) in [6.07, 6.45) is 2.87. The molecule has 0 spiro atoms. The van der Waals surface area contributed by atoms with Crippen molar-refractivity contribution in [3.63, 3.8) is 0 Å². The molecule has 19 heavy (non-hydrogen) atoms. The quantitative estimate of drug-likeness (QED) is 0.666. The molecule has 0 aliphatic carbocycles. The van der Waals surface area contributed by atoms with Gasteiger partial charge in [-0.15, -0.1) is 5.10 Å². The Labute approximate surface area is 113 Å². The second kappa shape index (κ2) is 5.77. The highest BCUT2D eigenvalue weighted by Crippen LogP contribution is 2.26. The number of hydrogen-bond acceptors (Lipinski definition) is 5. The van der Waals surface area contributed by atoms with Gasteiger partial charge in [-0.3, -0.25) is 10.1 Å². The Hall–Kier alpha value is -1.99. The molecule has 1 aromatic heterocycles. The fourth-order valence-electron chi connectivity index (χ4n) is 1.58. The fourth-order valence-corrected chi connectivity index (χ4v) is 1.77. The van der Waals surface area contributed by atoms with Crippen LogP contribution in [0.5, 0.6) is 0 Å². The Morgan fingerprint density at radius 3 is 2.95 bits per heavy atom. The van der Waals surface area contributed by atoms with E-state index in [1.54, 1.807) is 12.3 Å². The largest absolute Gasteiger partial charge is 0.396 e. The number of nitro groups is 1. The predicted octanol–water partition coefficient (Wildman–Crippen LogP) is 1.75. The first-order valence-electron chi connectivity index (χ1n) is 5.58. The van der Waals surface area contributed by atoms with E-state index in [-0.39, 0.29) is 17.3 Å². The standard InChI is InChI=1S/C11H11ClN4O3/c12-10-4-3-9(6-11(10)16(18)19)15-7-8(13-14-15)2-1-5-17/h3-4,6-7,17H,1-2,5H2. The van der Waals surface area contributed by atoms with Crippen LogP contribution >= 0.6 is 11.6 Å². The zero-order valence-electron chi connectivity index (χ0n) is 9.86. The van der Waals surface area contributed by atoms with Gasteiger partial charge in [-0.25, -0.2) is 4.68 Å². The minimum atomic E-state index is -0.546. The van der Waals surface area contributed by atoms with Crippen LogP contribution in [-0.2, 0) is 6.42 Å². The maximum Gasteiger partial charge on any atom is 0.290 e. The van der Waals surface area contributed by atoms with E-state index in [1.165, 1.54) is 16.8 Å². The molecule has 0 radical (unpaired) electrons. The Morgan fingerprint density at radius 2 is 2.26 bits per heavy atom. The van der Waals surface area contributed by atoms with Crippen molar-refractivity contribution in [1.29, 1.82) is 0 Å². The molecule has 0 saturated heterocycles. The highest BCUT2D eigenvalue weighted by molar-refractivity contribution is 6.32. The van der Waals surface area contributed by atoms with Gasteiger partial charge in [0, 0.05) is 12.7 Å². The molecular weight excluding hydrogens is 272 g/mol. The fraction of sp³-hybridized carbons (Fsp3) is 0.273. The van der Waals surface area contributed by atoms with E-state index in [0.29, 0.717) is 24.2 Å². The van der Waals surface area contributed by atoms with Gasteiger partial charge in [0.15, 0.2) is 0 Å². The first-order valence-corrected chi connectivity index (χ1v) is 5.96. The van der Waals surface area contributed by atoms with Crippen molar-refractivity contribution in [3.8, 4) is 5.69 Å². The molecule has 2 aromatic rings. The van der Waals surface area contributed by atoms with Crippen LogP contribution in [0.1, 0.15) is 12.1 Å². The third-order valence-electron chi connectivity index (χ3n) is 2.52. The molecule has 2 rings (SSSR count). The number of aromatic nitrogens is 3. The van der Waals surface area contributed by atoms with E-state index in [2.05, 4.69) is 10.3 Å². The zero-order valence-corrected chi connectivity index (χ0v) is 10.6. The number of nitro benzene ring substituents is 1. The first-order chi connectivity index (χ1) is 9.11. The van der Waals surface area contributed by atoms with Gasteiger partial charge in [0.1, 0.15) is 5.02 Å². The molecule has 0 amide bonds. The van der Waals surface area contributed by atoms with E-state index in [0.717, 1.165) is 0 Å². The highest BCUT2D eigenvalue weighted by Gasteiger charge is 2.14. The van der Waals surface area contributed by atoms with Crippen LogP contribution in [0.4, 0.5) is 5.69 Å². The summed E-state index contributed by atoms with van der Waals surface area (Å²) in [6.45, 7) is 0.0826. The van der Waals surface area contributed by atoms with E-state index >= 15 is 0 Å². The second-order valence-corrected chi connectivity index (χ2v) is 4.28. The van der Waals surface area contributed by atoms with Crippen LogP contribution < -0.4 is 0 Å². The number of aliphatic hydroxyl groups is 1.